The van der Waals surface area contributed by atoms with Crippen LogP contribution in [0.25, 0.3) is 22.0 Å². The minimum Gasteiger partial charge on any atom is -0.457 e. The predicted octanol–water partition coefficient (Wildman–Crippen LogP) is 6.78. The summed E-state index contributed by atoms with van der Waals surface area (Å²) in [5.41, 5.74) is 9.96. The van der Waals surface area contributed by atoms with E-state index in [0.29, 0.717) is 28.8 Å². The Hall–Kier alpha value is -3.28. The number of benzene rings is 3. The highest BCUT2D eigenvalue weighted by atomic mass is 35.5. The Balaban J connectivity index is 1.70. The molecule has 0 bridgehead atoms. The molecule has 0 atom stereocenters. The number of halogens is 2. The summed E-state index contributed by atoms with van der Waals surface area (Å²) in [5.74, 6) is 1.52. The summed E-state index contributed by atoms with van der Waals surface area (Å²) in [4.78, 5) is 17.7. The molecule has 3 aromatic carbocycles. The van der Waals surface area contributed by atoms with Gasteiger partial charge in [0.25, 0.3) is 0 Å². The number of urea groups is 1. The van der Waals surface area contributed by atoms with Crippen molar-refractivity contribution in [2.45, 2.75) is 6.92 Å². The zero-order chi connectivity index (χ0) is 22.7. The first-order valence-corrected chi connectivity index (χ1v) is 10.9. The minimum absolute atomic E-state index is 0.277. The lowest BCUT2D eigenvalue weighted by atomic mass is 9.97. The molecule has 5 nitrogen and oxygen atoms in total. The topological polar surface area (TPSA) is 68.4 Å². The van der Waals surface area contributed by atoms with E-state index in [9.17, 15) is 4.79 Å². The average molecular weight is 466 g/mol. The number of carbonyl (C=O) groups is 1. The van der Waals surface area contributed by atoms with Gasteiger partial charge in [0.1, 0.15) is 11.5 Å². The number of alkyl halides is 1. The molecule has 0 radical (unpaired) electrons. The quantitative estimate of drug-likeness (QED) is 0.319. The minimum atomic E-state index is -0.566. The fourth-order valence-corrected chi connectivity index (χ4v) is 4.08. The molecule has 7 heteroatoms. The first-order chi connectivity index (χ1) is 15.5. The number of aryl methyl sites for hydroxylation is 1. The highest BCUT2D eigenvalue weighted by molar-refractivity contribution is 6.35. The van der Waals surface area contributed by atoms with Gasteiger partial charge in [-0.2, -0.15) is 0 Å². The first kappa shape index (κ1) is 21.9. The number of nitrogens with two attached hydrogens (primary N) is 1. The number of hydrogen-bond acceptors (Lipinski definition) is 3. The Labute approximate surface area is 196 Å². The van der Waals surface area contributed by atoms with Crippen molar-refractivity contribution in [3.05, 3.63) is 83.5 Å². The van der Waals surface area contributed by atoms with Crippen LogP contribution in [0, 0.1) is 6.92 Å². The molecule has 0 saturated carbocycles. The van der Waals surface area contributed by atoms with Crippen molar-refractivity contribution in [1.29, 1.82) is 0 Å². The molecule has 4 rings (SSSR count). The van der Waals surface area contributed by atoms with Gasteiger partial charge in [-0.15, -0.1) is 11.6 Å². The zero-order valence-electron chi connectivity index (χ0n) is 17.4. The van der Waals surface area contributed by atoms with Crippen LogP contribution in [-0.4, -0.2) is 23.4 Å². The van der Waals surface area contributed by atoms with Gasteiger partial charge in [0, 0.05) is 35.8 Å². The number of carbonyl (C=O) groups excluding carboxylic acids is 1. The van der Waals surface area contributed by atoms with Crippen molar-refractivity contribution in [1.82, 2.24) is 4.98 Å². The maximum absolute atomic E-state index is 11.8. The predicted molar refractivity (Wildman–Crippen MR) is 131 cm³/mol. The van der Waals surface area contributed by atoms with Gasteiger partial charge in [0.05, 0.1) is 10.5 Å². The van der Waals surface area contributed by atoms with Gasteiger partial charge in [0.2, 0.25) is 0 Å². The lowest BCUT2D eigenvalue weighted by Gasteiger charge is -2.20. The number of para-hydroxylation sites is 1. The van der Waals surface area contributed by atoms with Crippen molar-refractivity contribution < 1.29 is 9.53 Å². The molecule has 2 amide bonds. The van der Waals surface area contributed by atoms with Gasteiger partial charge < -0.3 is 10.5 Å². The largest absolute Gasteiger partial charge is 0.457 e. The van der Waals surface area contributed by atoms with Crippen LogP contribution in [0.15, 0.2) is 72.9 Å². The number of fused-ring (bicyclic) bond motifs is 1. The van der Waals surface area contributed by atoms with E-state index in [0.717, 1.165) is 27.6 Å². The number of amides is 2. The second-order valence-corrected chi connectivity index (χ2v) is 8.04. The molecule has 4 aromatic rings. The number of ether oxygens (including phenoxy) is 1. The van der Waals surface area contributed by atoms with Crippen molar-refractivity contribution in [3.63, 3.8) is 0 Å². The number of anilines is 1. The summed E-state index contributed by atoms with van der Waals surface area (Å²) in [6, 6.07) is 20.2. The second-order valence-electron chi connectivity index (χ2n) is 7.26. The third-order valence-electron chi connectivity index (χ3n) is 5.10. The third kappa shape index (κ3) is 4.49. The maximum Gasteiger partial charge on any atom is 0.319 e. The SMILES string of the molecule is Cc1cnc2c(Cl)cccc2c1-c1cccc(Oc2cccc(N(CCCl)C(N)=O)c2)c1. The van der Waals surface area contributed by atoms with Gasteiger partial charge in [-0.3, -0.25) is 9.88 Å². The Morgan fingerprint density at radius 3 is 2.53 bits per heavy atom. The summed E-state index contributed by atoms with van der Waals surface area (Å²) in [6.45, 7) is 2.34. The van der Waals surface area contributed by atoms with Crippen LogP contribution in [0.5, 0.6) is 11.5 Å². The lowest BCUT2D eigenvalue weighted by molar-refractivity contribution is 0.254. The summed E-state index contributed by atoms with van der Waals surface area (Å²) < 4.78 is 6.11. The number of hydrogen-bond donors (Lipinski definition) is 1. The molecule has 0 aliphatic heterocycles. The molecule has 0 aliphatic rings. The van der Waals surface area contributed by atoms with Crippen molar-refractivity contribution >= 4 is 45.8 Å². The smallest absolute Gasteiger partial charge is 0.319 e. The molecule has 1 aromatic heterocycles. The second kappa shape index (κ2) is 9.47. The molecule has 2 N–H and O–H groups in total. The van der Waals surface area contributed by atoms with E-state index in [1.54, 1.807) is 18.2 Å². The first-order valence-electron chi connectivity index (χ1n) is 10.0. The van der Waals surface area contributed by atoms with E-state index in [1.165, 1.54) is 4.90 Å². The third-order valence-corrected chi connectivity index (χ3v) is 5.57. The standard InChI is InChI=1S/C25H21Cl2N3O2/c1-16-15-29-24-21(9-4-10-22(24)27)23(16)17-5-2-7-19(13-17)32-20-8-3-6-18(14-20)30(12-11-26)25(28)31/h2-10,13-15H,11-12H2,1H3,(H2,28,31). The maximum atomic E-state index is 11.8. The summed E-state index contributed by atoms with van der Waals surface area (Å²) in [7, 11) is 0. The summed E-state index contributed by atoms with van der Waals surface area (Å²) in [5, 5.41) is 1.60. The van der Waals surface area contributed by atoms with E-state index in [2.05, 4.69) is 4.98 Å². The number of nitrogens with zero attached hydrogens (tertiary/aromatic N) is 2. The van der Waals surface area contributed by atoms with Crippen LogP contribution in [0.4, 0.5) is 10.5 Å². The van der Waals surface area contributed by atoms with Gasteiger partial charge in [-0.05, 0) is 53.9 Å². The van der Waals surface area contributed by atoms with Gasteiger partial charge >= 0.3 is 6.03 Å². The monoisotopic (exact) mass is 465 g/mol. The van der Waals surface area contributed by atoms with Crippen molar-refractivity contribution in [3.8, 4) is 22.6 Å². The van der Waals surface area contributed by atoms with Crippen LogP contribution >= 0.6 is 23.2 Å². The highest BCUT2D eigenvalue weighted by Gasteiger charge is 2.14. The van der Waals surface area contributed by atoms with Gasteiger partial charge in [-0.1, -0.05) is 41.9 Å². The van der Waals surface area contributed by atoms with Crippen LogP contribution < -0.4 is 15.4 Å². The van der Waals surface area contributed by atoms with Crippen LogP contribution in [0.1, 0.15) is 5.56 Å². The van der Waals surface area contributed by atoms with Gasteiger partial charge in [0.15, 0.2) is 0 Å². The number of primary amides is 1. The molecular formula is C25H21Cl2N3O2. The van der Waals surface area contributed by atoms with E-state index in [-0.39, 0.29) is 5.88 Å². The van der Waals surface area contributed by atoms with Crippen LogP contribution in [0.3, 0.4) is 0 Å². The molecule has 0 aliphatic carbocycles. The van der Waals surface area contributed by atoms with E-state index in [4.69, 9.17) is 33.7 Å². The molecule has 0 spiro atoms. The number of aromatic nitrogens is 1. The molecule has 32 heavy (non-hydrogen) atoms. The Morgan fingerprint density at radius 1 is 1.06 bits per heavy atom. The fourth-order valence-electron chi connectivity index (χ4n) is 3.69. The van der Waals surface area contributed by atoms with Crippen LogP contribution in [-0.2, 0) is 0 Å². The fraction of sp³-hybridized carbons (Fsp3) is 0.120. The van der Waals surface area contributed by atoms with E-state index < -0.39 is 6.03 Å². The van der Waals surface area contributed by atoms with Gasteiger partial charge in [-0.25, -0.2) is 4.79 Å². The molecule has 0 fully saturated rings. The molecule has 162 valence electrons. The van der Waals surface area contributed by atoms with Crippen molar-refractivity contribution in [2.24, 2.45) is 5.73 Å². The summed E-state index contributed by atoms with van der Waals surface area (Å²) >= 11 is 12.2. The van der Waals surface area contributed by atoms with E-state index >= 15 is 0 Å². The zero-order valence-corrected chi connectivity index (χ0v) is 18.9. The summed E-state index contributed by atoms with van der Waals surface area (Å²) in [6.07, 6.45) is 1.83. The molecule has 0 unspecified atom stereocenters. The normalized spacial score (nSPS) is 10.8. The van der Waals surface area contributed by atoms with Crippen molar-refractivity contribution in [2.75, 3.05) is 17.3 Å². The van der Waals surface area contributed by atoms with E-state index in [1.807, 2.05) is 61.7 Å². The molecular weight excluding hydrogens is 445 g/mol. The number of rotatable bonds is 6. The lowest BCUT2D eigenvalue weighted by Crippen LogP contribution is -2.37. The molecule has 0 saturated heterocycles. The Bertz CT molecular complexity index is 1290. The molecule has 1 heterocycles. The Kier molecular flexibility index (Phi) is 6.49. The Morgan fingerprint density at radius 2 is 1.78 bits per heavy atom. The van der Waals surface area contributed by atoms with Crippen LogP contribution in [0.2, 0.25) is 5.02 Å². The highest BCUT2D eigenvalue weighted by Crippen LogP contribution is 2.36. The number of pyridine rings is 1. The average Bonchev–Trinajstić information content (AvgIpc) is 2.77.